The molecule has 0 aromatic carbocycles. The summed E-state index contributed by atoms with van der Waals surface area (Å²) in [5.74, 6) is 0. The van der Waals surface area contributed by atoms with Crippen molar-refractivity contribution in [3.05, 3.63) is 15.9 Å². The molecule has 1 aromatic rings. The van der Waals surface area contributed by atoms with Gasteiger partial charge in [0.1, 0.15) is 0 Å². The molecular weight excluding hydrogens is 298 g/mol. The molecule has 0 spiro atoms. The highest BCUT2D eigenvalue weighted by Crippen LogP contribution is 2.15. The average molecular weight is 325 g/mol. The van der Waals surface area contributed by atoms with Crippen molar-refractivity contribution in [1.82, 2.24) is 9.88 Å². The molecular formula is C16H27N3O2S. The van der Waals surface area contributed by atoms with Crippen LogP contribution < -0.4 is 10.1 Å². The maximum Gasteiger partial charge on any atom is 0.343 e. The lowest BCUT2D eigenvalue weighted by molar-refractivity contribution is 0.00556. The first-order valence-electron chi connectivity index (χ1n) is 7.94. The molecule has 2 heterocycles. The number of nitrogens with zero attached hydrogens (tertiary/aromatic N) is 2. The summed E-state index contributed by atoms with van der Waals surface area (Å²) in [4.78, 5) is 18.1. The second-order valence-electron chi connectivity index (χ2n) is 7.10. The zero-order valence-corrected chi connectivity index (χ0v) is 14.8. The van der Waals surface area contributed by atoms with Crippen LogP contribution in [0.3, 0.4) is 0 Å². The molecule has 1 N–H and O–H groups in total. The van der Waals surface area contributed by atoms with E-state index in [9.17, 15) is 4.79 Å². The van der Waals surface area contributed by atoms with Crippen molar-refractivity contribution in [3.8, 4) is 0 Å². The fourth-order valence-electron chi connectivity index (χ4n) is 2.36. The molecule has 5 nitrogen and oxygen atoms in total. The van der Waals surface area contributed by atoms with Crippen LogP contribution in [-0.4, -0.2) is 29.9 Å². The van der Waals surface area contributed by atoms with E-state index < -0.39 is 0 Å². The van der Waals surface area contributed by atoms with Crippen LogP contribution in [-0.2, 0) is 11.3 Å². The van der Waals surface area contributed by atoms with Crippen molar-refractivity contribution in [2.45, 2.75) is 59.6 Å². The number of aromatic nitrogens is 1. The van der Waals surface area contributed by atoms with Crippen LogP contribution >= 0.6 is 11.3 Å². The van der Waals surface area contributed by atoms with Gasteiger partial charge in [-0.05, 0) is 31.6 Å². The molecule has 1 fully saturated rings. The Labute approximate surface area is 136 Å². The summed E-state index contributed by atoms with van der Waals surface area (Å²) in [6, 6.07) is -0.268. The standard InChI is InChI=1S/C16H27N3O2S/c1-12-9-19(10-13-7-5-6-8-21-13)15(22-12)18-14(20)17-11-16(2,3)4/h9,13H,5-8,10-11H2,1-4H3,(H,17,20). The number of hydrogen-bond acceptors (Lipinski definition) is 3. The van der Waals surface area contributed by atoms with Crippen molar-refractivity contribution < 1.29 is 9.53 Å². The lowest BCUT2D eigenvalue weighted by atomic mass is 9.97. The van der Waals surface area contributed by atoms with Gasteiger partial charge in [-0.1, -0.05) is 20.8 Å². The molecule has 1 aliphatic heterocycles. The highest BCUT2D eigenvalue weighted by molar-refractivity contribution is 7.09. The van der Waals surface area contributed by atoms with Crippen molar-refractivity contribution in [3.63, 3.8) is 0 Å². The maximum absolute atomic E-state index is 12.0. The van der Waals surface area contributed by atoms with Gasteiger partial charge >= 0.3 is 6.03 Å². The molecule has 1 saturated heterocycles. The Morgan fingerprint density at radius 3 is 2.91 bits per heavy atom. The third-order valence-electron chi connectivity index (χ3n) is 3.48. The van der Waals surface area contributed by atoms with Crippen LogP contribution in [0.5, 0.6) is 0 Å². The second kappa shape index (κ2) is 7.42. The molecule has 0 radical (unpaired) electrons. The number of urea groups is 1. The molecule has 1 atom stereocenters. The first-order chi connectivity index (χ1) is 10.3. The zero-order chi connectivity index (χ0) is 16.2. The lowest BCUT2D eigenvalue weighted by Gasteiger charge is -2.22. The van der Waals surface area contributed by atoms with Crippen LogP contribution in [0.2, 0.25) is 0 Å². The van der Waals surface area contributed by atoms with E-state index >= 15 is 0 Å². The topological polar surface area (TPSA) is 55.6 Å². The van der Waals surface area contributed by atoms with Crippen LogP contribution in [0.15, 0.2) is 11.2 Å². The third-order valence-corrected chi connectivity index (χ3v) is 4.41. The highest BCUT2D eigenvalue weighted by Gasteiger charge is 2.16. The number of rotatable bonds is 3. The SMILES string of the molecule is Cc1cn(CC2CCCCO2)c(=NC(=O)NCC(C)(C)C)s1. The zero-order valence-electron chi connectivity index (χ0n) is 14.0. The van der Waals surface area contributed by atoms with Crippen molar-refractivity contribution in [1.29, 1.82) is 0 Å². The third kappa shape index (κ3) is 5.57. The van der Waals surface area contributed by atoms with E-state index in [-0.39, 0.29) is 17.6 Å². The van der Waals surface area contributed by atoms with Gasteiger partial charge in [0, 0.05) is 24.2 Å². The number of carbonyl (C=O) groups is 1. The Hall–Kier alpha value is -1.14. The van der Waals surface area contributed by atoms with Crippen LogP contribution in [0.1, 0.15) is 44.9 Å². The van der Waals surface area contributed by atoms with Crippen molar-refractivity contribution >= 4 is 17.4 Å². The molecule has 0 bridgehead atoms. The summed E-state index contributed by atoms with van der Waals surface area (Å²) in [7, 11) is 0. The van der Waals surface area contributed by atoms with E-state index in [1.807, 2.05) is 11.5 Å². The average Bonchev–Trinajstić information content (AvgIpc) is 2.77. The van der Waals surface area contributed by atoms with Gasteiger partial charge in [-0.15, -0.1) is 11.3 Å². The Bertz CT molecular complexity index is 563. The Kier molecular flexibility index (Phi) is 5.81. The molecule has 124 valence electrons. The van der Waals surface area contributed by atoms with Crippen LogP contribution in [0.25, 0.3) is 0 Å². The molecule has 6 heteroatoms. The minimum Gasteiger partial charge on any atom is -0.376 e. The Morgan fingerprint density at radius 1 is 1.50 bits per heavy atom. The maximum atomic E-state index is 12.0. The lowest BCUT2D eigenvalue weighted by Crippen LogP contribution is -2.33. The summed E-state index contributed by atoms with van der Waals surface area (Å²) in [5, 5.41) is 2.87. The number of thiazole rings is 1. The van der Waals surface area contributed by atoms with E-state index in [1.165, 1.54) is 6.42 Å². The Balaban J connectivity index is 2.06. The quantitative estimate of drug-likeness (QED) is 0.928. The van der Waals surface area contributed by atoms with Crippen molar-refractivity contribution in [2.75, 3.05) is 13.2 Å². The van der Waals surface area contributed by atoms with Gasteiger partial charge in [-0.3, -0.25) is 0 Å². The van der Waals surface area contributed by atoms with E-state index in [0.29, 0.717) is 6.54 Å². The number of aryl methyl sites for hydroxylation is 1. The summed E-state index contributed by atoms with van der Waals surface area (Å²) in [6.45, 7) is 10.5. The van der Waals surface area contributed by atoms with E-state index in [2.05, 4.69) is 37.3 Å². The van der Waals surface area contributed by atoms with Gasteiger partial charge in [0.25, 0.3) is 0 Å². The highest BCUT2D eigenvalue weighted by atomic mass is 32.1. The van der Waals surface area contributed by atoms with Crippen LogP contribution in [0.4, 0.5) is 4.79 Å². The fraction of sp³-hybridized carbons (Fsp3) is 0.750. The largest absolute Gasteiger partial charge is 0.376 e. The van der Waals surface area contributed by atoms with Gasteiger partial charge in [-0.2, -0.15) is 4.99 Å². The number of hydrogen-bond donors (Lipinski definition) is 1. The number of carbonyl (C=O) groups excluding carboxylic acids is 1. The second-order valence-corrected chi connectivity index (χ2v) is 8.31. The summed E-state index contributed by atoms with van der Waals surface area (Å²) < 4.78 is 7.83. The van der Waals surface area contributed by atoms with Gasteiger partial charge in [0.2, 0.25) is 0 Å². The van der Waals surface area contributed by atoms with Gasteiger partial charge < -0.3 is 14.6 Å². The summed E-state index contributed by atoms with van der Waals surface area (Å²) >= 11 is 1.54. The molecule has 2 amide bonds. The number of nitrogens with one attached hydrogen (secondary N) is 1. The smallest absolute Gasteiger partial charge is 0.343 e. The first-order valence-corrected chi connectivity index (χ1v) is 8.76. The number of ether oxygens (including phenoxy) is 1. The molecule has 1 aliphatic rings. The Morgan fingerprint density at radius 2 is 2.27 bits per heavy atom. The molecule has 1 unspecified atom stereocenters. The van der Waals surface area contributed by atoms with E-state index in [4.69, 9.17) is 4.74 Å². The molecule has 0 saturated carbocycles. The first kappa shape index (κ1) is 17.2. The minimum absolute atomic E-state index is 0.0580. The predicted octanol–water partition coefficient (Wildman–Crippen LogP) is 3.08. The predicted molar refractivity (Wildman–Crippen MR) is 89.1 cm³/mol. The molecule has 1 aromatic heterocycles. The normalized spacial score (nSPS) is 20.2. The molecule has 0 aliphatic carbocycles. The molecule has 22 heavy (non-hydrogen) atoms. The van der Waals surface area contributed by atoms with Gasteiger partial charge in [-0.25, -0.2) is 4.79 Å². The minimum atomic E-state index is -0.268. The summed E-state index contributed by atoms with van der Waals surface area (Å²) in [6.07, 6.45) is 5.73. The monoisotopic (exact) mass is 325 g/mol. The van der Waals surface area contributed by atoms with Crippen LogP contribution in [0, 0.1) is 12.3 Å². The summed E-state index contributed by atoms with van der Waals surface area (Å²) in [5.41, 5.74) is 0.0580. The van der Waals surface area contributed by atoms with E-state index in [1.54, 1.807) is 11.3 Å². The van der Waals surface area contributed by atoms with Gasteiger partial charge in [0.15, 0.2) is 4.80 Å². The van der Waals surface area contributed by atoms with E-state index in [0.717, 1.165) is 35.7 Å². The number of amides is 2. The van der Waals surface area contributed by atoms with Crippen molar-refractivity contribution in [2.24, 2.45) is 10.4 Å². The fourth-order valence-corrected chi connectivity index (χ4v) is 3.20. The molecule has 2 rings (SSSR count). The van der Waals surface area contributed by atoms with Gasteiger partial charge in [0.05, 0.1) is 12.6 Å².